The summed E-state index contributed by atoms with van der Waals surface area (Å²) < 4.78 is 11.8. The summed E-state index contributed by atoms with van der Waals surface area (Å²) in [5, 5.41) is 12.4. The van der Waals surface area contributed by atoms with Gasteiger partial charge in [-0.3, -0.25) is 14.5 Å². The third-order valence-electron chi connectivity index (χ3n) is 4.42. The monoisotopic (exact) mass is 328 g/mol. The molecule has 0 aromatic carbocycles. The van der Waals surface area contributed by atoms with Gasteiger partial charge in [0, 0.05) is 63.7 Å². The molecule has 1 unspecified atom stereocenters. The fourth-order valence-corrected chi connectivity index (χ4v) is 3.21. The highest BCUT2D eigenvalue weighted by atomic mass is 16.5. The Morgan fingerprint density at radius 2 is 1.83 bits per heavy atom. The number of nitrogens with zero attached hydrogens (tertiary/aromatic N) is 6. The van der Waals surface area contributed by atoms with Gasteiger partial charge in [0.15, 0.2) is 0 Å². The van der Waals surface area contributed by atoms with Crippen molar-refractivity contribution >= 4 is 0 Å². The van der Waals surface area contributed by atoms with Gasteiger partial charge in [-0.25, -0.2) is 0 Å². The maximum Gasteiger partial charge on any atom is 0.124 e. The third-order valence-corrected chi connectivity index (χ3v) is 4.42. The summed E-state index contributed by atoms with van der Waals surface area (Å²) in [4.78, 5) is 4.82. The van der Waals surface area contributed by atoms with Crippen LogP contribution in [0, 0.1) is 0 Å². The molecule has 0 radical (unpaired) electrons. The van der Waals surface area contributed by atoms with E-state index in [1.54, 1.807) is 12.5 Å². The van der Waals surface area contributed by atoms with Crippen LogP contribution in [0.15, 0.2) is 46.1 Å². The van der Waals surface area contributed by atoms with Gasteiger partial charge in [0.2, 0.25) is 0 Å². The zero-order valence-electron chi connectivity index (χ0n) is 13.6. The normalized spacial score (nSPS) is 19.8. The lowest BCUT2D eigenvalue weighted by atomic mass is 10.1. The van der Waals surface area contributed by atoms with Crippen LogP contribution in [-0.4, -0.2) is 49.5 Å². The van der Waals surface area contributed by atoms with Crippen molar-refractivity contribution in [2.45, 2.75) is 19.1 Å². The van der Waals surface area contributed by atoms with E-state index < -0.39 is 0 Å². The van der Waals surface area contributed by atoms with E-state index >= 15 is 0 Å². The zero-order chi connectivity index (χ0) is 16.4. The molecule has 0 spiro atoms. The number of rotatable bonds is 5. The Kier molecular flexibility index (Phi) is 4.14. The van der Waals surface area contributed by atoms with Gasteiger partial charge in [-0.1, -0.05) is 10.3 Å². The first-order chi connectivity index (χ1) is 11.8. The second kappa shape index (κ2) is 6.58. The van der Waals surface area contributed by atoms with Crippen LogP contribution in [0.3, 0.4) is 0 Å². The molecule has 8 heteroatoms. The van der Waals surface area contributed by atoms with Gasteiger partial charge in [-0.15, -0.1) is 0 Å². The standard InChI is InChI=1S/C16H20N6O2/c1-20-9-13(8-17-20)16-12-21(10-14-2-6-23-18-14)4-5-22(16)11-15-3-7-24-19-15/h2-3,6-9,16H,4-5,10-12H2,1H3. The van der Waals surface area contributed by atoms with Crippen molar-refractivity contribution in [2.24, 2.45) is 7.05 Å². The van der Waals surface area contributed by atoms with Crippen LogP contribution in [0.2, 0.25) is 0 Å². The third kappa shape index (κ3) is 3.24. The fourth-order valence-electron chi connectivity index (χ4n) is 3.21. The van der Waals surface area contributed by atoms with Crippen LogP contribution < -0.4 is 0 Å². The van der Waals surface area contributed by atoms with Gasteiger partial charge in [0.05, 0.1) is 23.6 Å². The first-order valence-electron chi connectivity index (χ1n) is 8.01. The molecule has 3 aromatic heterocycles. The summed E-state index contributed by atoms with van der Waals surface area (Å²) in [6.07, 6.45) is 7.27. The largest absolute Gasteiger partial charge is 0.364 e. The molecule has 0 saturated carbocycles. The lowest BCUT2D eigenvalue weighted by molar-refractivity contribution is 0.0607. The van der Waals surface area contributed by atoms with Crippen LogP contribution in [-0.2, 0) is 20.1 Å². The average Bonchev–Trinajstić information content (AvgIpc) is 3.32. The van der Waals surface area contributed by atoms with Gasteiger partial charge in [0.1, 0.15) is 12.5 Å². The molecule has 4 rings (SSSR count). The first kappa shape index (κ1) is 15.1. The van der Waals surface area contributed by atoms with Gasteiger partial charge < -0.3 is 9.05 Å². The van der Waals surface area contributed by atoms with Crippen molar-refractivity contribution in [2.75, 3.05) is 19.6 Å². The molecule has 1 saturated heterocycles. The van der Waals surface area contributed by atoms with Crippen molar-refractivity contribution in [3.05, 3.63) is 54.0 Å². The number of piperazine rings is 1. The number of aryl methyl sites for hydroxylation is 1. The first-order valence-corrected chi connectivity index (χ1v) is 8.01. The van der Waals surface area contributed by atoms with E-state index in [2.05, 4.69) is 31.4 Å². The summed E-state index contributed by atoms with van der Waals surface area (Å²) in [5.41, 5.74) is 3.13. The average molecular weight is 328 g/mol. The van der Waals surface area contributed by atoms with E-state index in [9.17, 15) is 0 Å². The summed E-state index contributed by atoms with van der Waals surface area (Å²) in [6.45, 7) is 4.40. The fraction of sp³-hybridized carbons (Fsp3) is 0.438. The topological polar surface area (TPSA) is 76.4 Å². The molecule has 126 valence electrons. The summed E-state index contributed by atoms with van der Waals surface area (Å²) in [7, 11) is 1.95. The van der Waals surface area contributed by atoms with E-state index in [1.807, 2.05) is 30.1 Å². The van der Waals surface area contributed by atoms with E-state index in [0.29, 0.717) is 0 Å². The molecule has 1 fully saturated rings. The predicted octanol–water partition coefficient (Wildman–Crippen LogP) is 1.46. The minimum Gasteiger partial charge on any atom is -0.364 e. The highest BCUT2D eigenvalue weighted by molar-refractivity contribution is 5.13. The molecule has 24 heavy (non-hydrogen) atoms. The summed E-state index contributed by atoms with van der Waals surface area (Å²) in [6, 6.07) is 4.10. The lowest BCUT2D eigenvalue weighted by Crippen LogP contribution is -2.47. The molecule has 0 aliphatic carbocycles. The van der Waals surface area contributed by atoms with Crippen LogP contribution >= 0.6 is 0 Å². The molecule has 4 heterocycles. The maximum absolute atomic E-state index is 4.97. The van der Waals surface area contributed by atoms with Gasteiger partial charge in [-0.05, 0) is 0 Å². The molecule has 0 amide bonds. The molecule has 1 atom stereocenters. The molecule has 1 aliphatic heterocycles. The smallest absolute Gasteiger partial charge is 0.124 e. The highest BCUT2D eigenvalue weighted by Gasteiger charge is 2.30. The molecule has 1 aliphatic rings. The van der Waals surface area contributed by atoms with Crippen molar-refractivity contribution in [3.63, 3.8) is 0 Å². The van der Waals surface area contributed by atoms with Crippen LogP contribution in [0.1, 0.15) is 23.0 Å². The van der Waals surface area contributed by atoms with Crippen molar-refractivity contribution in [1.29, 1.82) is 0 Å². The molecular weight excluding hydrogens is 308 g/mol. The second-order valence-electron chi connectivity index (χ2n) is 6.15. The Bertz CT molecular complexity index is 751. The van der Waals surface area contributed by atoms with Crippen molar-refractivity contribution in [1.82, 2.24) is 29.9 Å². The summed E-state index contributed by atoms with van der Waals surface area (Å²) >= 11 is 0. The molecule has 0 bridgehead atoms. The van der Waals surface area contributed by atoms with Gasteiger partial charge in [0.25, 0.3) is 0 Å². The van der Waals surface area contributed by atoms with E-state index in [-0.39, 0.29) is 6.04 Å². The van der Waals surface area contributed by atoms with E-state index in [0.717, 1.165) is 44.1 Å². The van der Waals surface area contributed by atoms with Gasteiger partial charge in [-0.2, -0.15) is 5.10 Å². The second-order valence-corrected chi connectivity index (χ2v) is 6.15. The quantitative estimate of drug-likeness (QED) is 0.701. The minimum absolute atomic E-state index is 0.260. The molecule has 8 nitrogen and oxygen atoms in total. The molecule has 0 N–H and O–H groups in total. The van der Waals surface area contributed by atoms with Crippen LogP contribution in [0.4, 0.5) is 0 Å². The Labute approximate surface area is 139 Å². The Balaban J connectivity index is 1.51. The van der Waals surface area contributed by atoms with Crippen molar-refractivity contribution < 1.29 is 9.05 Å². The zero-order valence-corrected chi connectivity index (χ0v) is 13.6. The maximum atomic E-state index is 4.97. The Hall–Kier alpha value is -2.45. The molecular formula is C16H20N6O2. The van der Waals surface area contributed by atoms with Crippen molar-refractivity contribution in [3.8, 4) is 0 Å². The van der Waals surface area contributed by atoms with E-state index in [1.165, 1.54) is 5.56 Å². The minimum atomic E-state index is 0.260. The molecule has 3 aromatic rings. The Morgan fingerprint density at radius 3 is 2.46 bits per heavy atom. The van der Waals surface area contributed by atoms with Crippen LogP contribution in [0.5, 0.6) is 0 Å². The summed E-state index contributed by atoms with van der Waals surface area (Å²) in [5.74, 6) is 0. The predicted molar refractivity (Wildman–Crippen MR) is 84.6 cm³/mol. The SMILES string of the molecule is Cn1cc(C2CN(Cc3ccon3)CCN2Cc2ccon2)cn1. The van der Waals surface area contributed by atoms with Gasteiger partial charge >= 0.3 is 0 Å². The van der Waals surface area contributed by atoms with E-state index in [4.69, 9.17) is 9.05 Å². The lowest BCUT2D eigenvalue weighted by Gasteiger charge is -2.40. The Morgan fingerprint density at radius 1 is 1.08 bits per heavy atom. The number of hydrogen-bond donors (Lipinski definition) is 0. The number of aromatic nitrogens is 4. The highest BCUT2D eigenvalue weighted by Crippen LogP contribution is 2.27. The number of hydrogen-bond acceptors (Lipinski definition) is 7. The van der Waals surface area contributed by atoms with Crippen LogP contribution in [0.25, 0.3) is 0 Å².